The van der Waals surface area contributed by atoms with E-state index in [4.69, 9.17) is 9.84 Å². The van der Waals surface area contributed by atoms with Crippen molar-refractivity contribution >= 4 is 22.7 Å². The van der Waals surface area contributed by atoms with Crippen LogP contribution in [0.15, 0.2) is 23.1 Å². The Morgan fingerprint density at radius 2 is 2.10 bits per heavy atom. The standard InChI is InChI=1S/C20H22FN3O5/c1-22-4-5-28-17-9-23(8-16(17)22)15-7-14-12(6-13(15)21)19(25)18(29-20(26)27)10-24(14)11-2-3-11/h6-7,10-11,16-17H,2-5,8-9H2,1H3,(H,26,27). The molecule has 1 aromatic carbocycles. The summed E-state index contributed by atoms with van der Waals surface area (Å²) in [7, 11) is 2.05. The van der Waals surface area contributed by atoms with Crippen molar-refractivity contribution in [3.05, 3.63) is 34.4 Å². The molecule has 1 aromatic heterocycles. The fourth-order valence-corrected chi connectivity index (χ4v) is 4.45. The highest BCUT2D eigenvalue weighted by Gasteiger charge is 2.39. The molecule has 2 atom stereocenters. The van der Waals surface area contributed by atoms with Gasteiger partial charge in [-0.1, -0.05) is 0 Å². The maximum absolute atomic E-state index is 15.1. The monoisotopic (exact) mass is 403 g/mol. The molecular formula is C20H22FN3O5. The average molecular weight is 403 g/mol. The molecule has 9 heteroatoms. The zero-order chi connectivity index (χ0) is 20.3. The molecule has 2 unspecified atom stereocenters. The summed E-state index contributed by atoms with van der Waals surface area (Å²) in [5.41, 5.74) is 0.406. The number of rotatable bonds is 3. The van der Waals surface area contributed by atoms with Crippen LogP contribution in [0, 0.1) is 5.82 Å². The van der Waals surface area contributed by atoms with E-state index in [0.717, 1.165) is 19.4 Å². The number of carbonyl (C=O) groups is 1. The summed E-state index contributed by atoms with van der Waals surface area (Å²) < 4.78 is 27.4. The number of nitrogens with zero attached hydrogens (tertiary/aromatic N) is 3. The molecule has 29 heavy (non-hydrogen) atoms. The van der Waals surface area contributed by atoms with Gasteiger partial charge in [0.25, 0.3) is 0 Å². The van der Waals surface area contributed by atoms with E-state index in [1.54, 1.807) is 6.07 Å². The van der Waals surface area contributed by atoms with E-state index in [0.29, 0.717) is 30.9 Å². The van der Waals surface area contributed by atoms with Gasteiger partial charge in [-0.15, -0.1) is 0 Å². The lowest BCUT2D eigenvalue weighted by atomic mass is 10.1. The first kappa shape index (κ1) is 18.4. The Morgan fingerprint density at radius 3 is 2.79 bits per heavy atom. The summed E-state index contributed by atoms with van der Waals surface area (Å²) >= 11 is 0. The molecule has 0 spiro atoms. The van der Waals surface area contributed by atoms with Crippen LogP contribution in [0.2, 0.25) is 0 Å². The van der Waals surface area contributed by atoms with Crippen LogP contribution in [0.1, 0.15) is 18.9 Å². The molecule has 1 N–H and O–H groups in total. The van der Waals surface area contributed by atoms with Crippen LogP contribution in [0.3, 0.4) is 0 Å². The van der Waals surface area contributed by atoms with E-state index in [2.05, 4.69) is 16.7 Å². The number of anilines is 1. The van der Waals surface area contributed by atoms with Gasteiger partial charge in [0.2, 0.25) is 5.43 Å². The van der Waals surface area contributed by atoms with Crippen LogP contribution in [0.4, 0.5) is 14.9 Å². The Kier molecular flexibility index (Phi) is 4.25. The fourth-order valence-electron chi connectivity index (χ4n) is 4.45. The van der Waals surface area contributed by atoms with Gasteiger partial charge in [-0.05, 0) is 32.0 Å². The summed E-state index contributed by atoms with van der Waals surface area (Å²) in [4.78, 5) is 27.8. The van der Waals surface area contributed by atoms with Crippen molar-refractivity contribution in [1.82, 2.24) is 9.47 Å². The molecule has 8 nitrogen and oxygen atoms in total. The summed E-state index contributed by atoms with van der Waals surface area (Å²) in [5, 5.41) is 9.03. The zero-order valence-electron chi connectivity index (χ0n) is 16.0. The number of halogens is 1. The zero-order valence-corrected chi connectivity index (χ0v) is 16.0. The summed E-state index contributed by atoms with van der Waals surface area (Å²) in [6.45, 7) is 2.75. The van der Waals surface area contributed by atoms with E-state index in [1.165, 1.54) is 12.3 Å². The molecule has 1 aliphatic carbocycles. The van der Waals surface area contributed by atoms with Crippen LogP contribution in [0.5, 0.6) is 5.75 Å². The Labute approximate surface area is 166 Å². The van der Waals surface area contributed by atoms with Crippen LogP contribution in [-0.2, 0) is 4.74 Å². The average Bonchev–Trinajstić information content (AvgIpc) is 3.42. The second-order valence-electron chi connectivity index (χ2n) is 8.01. The van der Waals surface area contributed by atoms with Crippen LogP contribution >= 0.6 is 0 Å². The fraction of sp³-hybridized carbons (Fsp3) is 0.500. The van der Waals surface area contributed by atoms with Crippen molar-refractivity contribution < 1.29 is 23.8 Å². The number of likely N-dealkylation sites (N-methyl/N-ethyl adjacent to an activating group) is 1. The first-order valence-corrected chi connectivity index (χ1v) is 9.78. The highest BCUT2D eigenvalue weighted by Crippen LogP contribution is 2.39. The van der Waals surface area contributed by atoms with Crippen molar-refractivity contribution in [2.75, 3.05) is 38.2 Å². The predicted octanol–water partition coefficient (Wildman–Crippen LogP) is 2.05. The highest BCUT2D eigenvalue weighted by molar-refractivity contribution is 5.85. The molecule has 0 bridgehead atoms. The van der Waals surface area contributed by atoms with E-state index in [-0.39, 0.29) is 29.3 Å². The molecule has 2 aromatic rings. The number of morpholine rings is 1. The number of hydrogen-bond acceptors (Lipinski definition) is 6. The lowest BCUT2D eigenvalue weighted by Gasteiger charge is -2.33. The Morgan fingerprint density at radius 1 is 1.31 bits per heavy atom. The van der Waals surface area contributed by atoms with Gasteiger partial charge >= 0.3 is 6.16 Å². The van der Waals surface area contributed by atoms with E-state index < -0.39 is 17.4 Å². The maximum Gasteiger partial charge on any atom is 0.511 e. The molecule has 5 rings (SSSR count). The minimum absolute atomic E-state index is 0.0285. The summed E-state index contributed by atoms with van der Waals surface area (Å²) in [6.07, 6.45) is 1.73. The molecule has 154 valence electrons. The number of benzene rings is 1. The van der Waals surface area contributed by atoms with E-state index in [9.17, 15) is 9.59 Å². The predicted molar refractivity (Wildman–Crippen MR) is 103 cm³/mol. The van der Waals surface area contributed by atoms with E-state index >= 15 is 4.39 Å². The third-order valence-corrected chi connectivity index (χ3v) is 6.13. The SMILES string of the molecule is CN1CCOC2CN(c3cc4c(cc3F)c(=O)c(OC(=O)O)cn4C3CC3)CC21. The van der Waals surface area contributed by atoms with Crippen molar-refractivity contribution in [1.29, 1.82) is 0 Å². The number of ether oxygens (including phenoxy) is 2. The number of hydrogen-bond donors (Lipinski definition) is 1. The molecule has 2 aliphatic heterocycles. The molecule has 3 heterocycles. The number of carboxylic acid groups (broad SMARTS) is 1. The van der Waals surface area contributed by atoms with Crippen LogP contribution in [0.25, 0.3) is 10.9 Å². The van der Waals surface area contributed by atoms with Gasteiger partial charge in [0.1, 0.15) is 5.82 Å². The molecule has 1 saturated carbocycles. The molecule has 3 fully saturated rings. The normalized spacial score (nSPS) is 24.7. The lowest BCUT2D eigenvalue weighted by Crippen LogP contribution is -2.48. The second-order valence-corrected chi connectivity index (χ2v) is 8.01. The van der Waals surface area contributed by atoms with Gasteiger partial charge in [0.15, 0.2) is 5.75 Å². The number of pyridine rings is 1. The van der Waals surface area contributed by atoms with Crippen molar-refractivity contribution in [3.63, 3.8) is 0 Å². The van der Waals surface area contributed by atoms with Crippen molar-refractivity contribution in [2.24, 2.45) is 0 Å². The van der Waals surface area contributed by atoms with E-state index in [1.807, 2.05) is 9.47 Å². The summed E-state index contributed by atoms with van der Waals surface area (Å²) in [6, 6.07) is 3.26. The third kappa shape index (κ3) is 3.14. The van der Waals surface area contributed by atoms with Gasteiger partial charge in [0.05, 0.1) is 41.5 Å². The first-order valence-electron chi connectivity index (χ1n) is 9.78. The third-order valence-electron chi connectivity index (χ3n) is 6.13. The van der Waals surface area contributed by atoms with Crippen molar-refractivity contribution in [3.8, 4) is 5.75 Å². The van der Waals surface area contributed by atoms with Crippen LogP contribution in [-0.4, -0.2) is 66.2 Å². The molecule has 3 aliphatic rings. The van der Waals surface area contributed by atoms with Crippen LogP contribution < -0.4 is 15.1 Å². The Bertz CT molecular complexity index is 1050. The minimum atomic E-state index is -1.57. The number of fused-ring (bicyclic) bond motifs is 2. The largest absolute Gasteiger partial charge is 0.511 e. The maximum atomic E-state index is 15.1. The lowest BCUT2D eigenvalue weighted by molar-refractivity contribution is -0.0362. The highest BCUT2D eigenvalue weighted by atomic mass is 19.1. The smallest absolute Gasteiger partial charge is 0.449 e. The molecule has 0 radical (unpaired) electrons. The number of aromatic nitrogens is 1. The molecular weight excluding hydrogens is 381 g/mol. The Hall–Kier alpha value is -2.65. The minimum Gasteiger partial charge on any atom is -0.449 e. The Balaban J connectivity index is 1.60. The van der Waals surface area contributed by atoms with Gasteiger partial charge in [-0.2, -0.15) is 0 Å². The van der Waals surface area contributed by atoms with Gasteiger partial charge < -0.3 is 24.0 Å². The van der Waals surface area contributed by atoms with Crippen molar-refractivity contribution in [2.45, 2.75) is 31.0 Å². The van der Waals surface area contributed by atoms with Gasteiger partial charge in [-0.25, -0.2) is 9.18 Å². The summed E-state index contributed by atoms with van der Waals surface area (Å²) in [5.74, 6) is -0.808. The first-order chi connectivity index (χ1) is 13.9. The van der Waals surface area contributed by atoms with Gasteiger partial charge in [-0.3, -0.25) is 9.69 Å². The van der Waals surface area contributed by atoms with Gasteiger partial charge in [0, 0.05) is 25.7 Å². The topological polar surface area (TPSA) is 84.2 Å². The molecule has 2 saturated heterocycles. The quantitative estimate of drug-likeness (QED) is 0.786. The molecule has 0 amide bonds. The second kappa shape index (κ2) is 6.70.